The van der Waals surface area contributed by atoms with Gasteiger partial charge >= 0.3 is 0 Å². The van der Waals surface area contributed by atoms with Gasteiger partial charge in [-0.1, -0.05) is 19.1 Å². The van der Waals surface area contributed by atoms with Crippen LogP contribution in [-0.2, 0) is 24.3 Å². The molecule has 0 fully saturated rings. The standard InChI is InChI=1S/C19H21N3O2S/c1-2-14-9-10-15(25-14)12-20-18(23)8-5-11-22-13-21-17-7-4-3-6-16(17)19(22)24/h3-4,6-7,9-10,13H,2,5,8,11-12H2,1H3,(H,20,23). The highest BCUT2D eigenvalue weighted by atomic mass is 32.1. The van der Waals surface area contributed by atoms with Crippen LogP contribution in [0.4, 0.5) is 0 Å². The summed E-state index contributed by atoms with van der Waals surface area (Å²) in [5.74, 6) is 0.00764. The lowest BCUT2D eigenvalue weighted by atomic mass is 10.2. The van der Waals surface area contributed by atoms with Crippen molar-refractivity contribution in [2.45, 2.75) is 39.3 Å². The number of carbonyl (C=O) groups excluding carboxylic acids is 1. The van der Waals surface area contributed by atoms with Gasteiger partial charge in [-0.3, -0.25) is 14.2 Å². The predicted molar refractivity (Wildman–Crippen MR) is 101 cm³/mol. The molecule has 2 aromatic heterocycles. The van der Waals surface area contributed by atoms with Crippen molar-refractivity contribution in [2.75, 3.05) is 0 Å². The normalized spacial score (nSPS) is 10.9. The quantitative estimate of drug-likeness (QED) is 0.708. The number of para-hydroxylation sites is 1. The van der Waals surface area contributed by atoms with E-state index in [1.165, 1.54) is 9.75 Å². The van der Waals surface area contributed by atoms with Gasteiger partial charge in [-0.2, -0.15) is 0 Å². The summed E-state index contributed by atoms with van der Waals surface area (Å²) in [7, 11) is 0. The summed E-state index contributed by atoms with van der Waals surface area (Å²) in [6.07, 6.45) is 3.58. The zero-order valence-electron chi connectivity index (χ0n) is 14.2. The number of hydrogen-bond acceptors (Lipinski definition) is 4. The van der Waals surface area contributed by atoms with E-state index in [2.05, 4.69) is 29.4 Å². The van der Waals surface area contributed by atoms with Gasteiger partial charge in [-0.05, 0) is 37.1 Å². The van der Waals surface area contributed by atoms with Gasteiger partial charge in [0.05, 0.1) is 23.8 Å². The molecule has 6 heteroatoms. The minimum absolute atomic E-state index is 0.00764. The summed E-state index contributed by atoms with van der Waals surface area (Å²) in [5, 5.41) is 3.55. The molecule has 3 aromatic rings. The number of rotatable bonds is 7. The van der Waals surface area contributed by atoms with Crippen LogP contribution in [0.2, 0.25) is 0 Å². The summed E-state index contributed by atoms with van der Waals surface area (Å²) in [4.78, 5) is 31.1. The van der Waals surface area contributed by atoms with Gasteiger partial charge in [-0.25, -0.2) is 4.98 Å². The van der Waals surface area contributed by atoms with Gasteiger partial charge in [0.25, 0.3) is 5.56 Å². The van der Waals surface area contributed by atoms with Crippen LogP contribution < -0.4 is 10.9 Å². The largest absolute Gasteiger partial charge is 0.351 e. The molecule has 0 saturated carbocycles. The number of nitrogens with one attached hydrogen (secondary N) is 1. The van der Waals surface area contributed by atoms with Gasteiger partial charge in [0.2, 0.25) is 5.91 Å². The highest BCUT2D eigenvalue weighted by Gasteiger charge is 2.06. The fourth-order valence-corrected chi connectivity index (χ4v) is 3.55. The minimum Gasteiger partial charge on any atom is -0.351 e. The van der Waals surface area contributed by atoms with E-state index in [0.29, 0.717) is 36.8 Å². The molecule has 25 heavy (non-hydrogen) atoms. The molecule has 0 saturated heterocycles. The Morgan fingerprint density at radius 1 is 1.20 bits per heavy atom. The molecule has 2 heterocycles. The van der Waals surface area contributed by atoms with Gasteiger partial charge < -0.3 is 5.32 Å². The van der Waals surface area contributed by atoms with Crippen molar-refractivity contribution < 1.29 is 4.79 Å². The van der Waals surface area contributed by atoms with Gasteiger partial charge in [0.15, 0.2) is 0 Å². The highest BCUT2D eigenvalue weighted by molar-refractivity contribution is 7.11. The maximum absolute atomic E-state index is 12.4. The molecule has 0 unspecified atom stereocenters. The number of amides is 1. The van der Waals surface area contributed by atoms with Crippen LogP contribution in [-0.4, -0.2) is 15.5 Å². The van der Waals surface area contributed by atoms with E-state index in [9.17, 15) is 9.59 Å². The first kappa shape index (κ1) is 17.4. The second-order valence-electron chi connectivity index (χ2n) is 5.86. The third kappa shape index (κ3) is 4.33. The average molecular weight is 355 g/mol. The molecule has 0 aliphatic heterocycles. The third-order valence-electron chi connectivity index (χ3n) is 4.06. The van der Waals surface area contributed by atoms with E-state index >= 15 is 0 Å². The Morgan fingerprint density at radius 2 is 2.00 bits per heavy atom. The van der Waals surface area contributed by atoms with Crippen LogP contribution in [0.1, 0.15) is 29.5 Å². The van der Waals surface area contributed by atoms with Crippen LogP contribution in [0, 0.1) is 0 Å². The molecule has 3 rings (SSSR count). The maximum atomic E-state index is 12.4. The lowest BCUT2D eigenvalue weighted by Gasteiger charge is -2.07. The van der Waals surface area contributed by atoms with Crippen molar-refractivity contribution in [3.8, 4) is 0 Å². The van der Waals surface area contributed by atoms with E-state index in [1.807, 2.05) is 18.2 Å². The number of aromatic nitrogens is 2. The number of benzene rings is 1. The molecular weight excluding hydrogens is 334 g/mol. The smallest absolute Gasteiger partial charge is 0.261 e. The first-order valence-corrected chi connectivity index (χ1v) is 9.27. The molecule has 0 bridgehead atoms. The predicted octanol–water partition coefficient (Wildman–Crippen LogP) is 3.12. The molecule has 0 radical (unpaired) electrons. The van der Waals surface area contributed by atoms with E-state index in [1.54, 1.807) is 28.3 Å². The monoisotopic (exact) mass is 355 g/mol. The Hall–Kier alpha value is -2.47. The maximum Gasteiger partial charge on any atom is 0.261 e. The number of thiophene rings is 1. The van der Waals surface area contributed by atoms with Crippen molar-refractivity contribution in [1.82, 2.24) is 14.9 Å². The molecule has 130 valence electrons. The van der Waals surface area contributed by atoms with Crippen molar-refractivity contribution >= 4 is 28.1 Å². The van der Waals surface area contributed by atoms with Crippen molar-refractivity contribution in [3.05, 3.63) is 62.8 Å². The van der Waals surface area contributed by atoms with Gasteiger partial charge in [0.1, 0.15) is 0 Å². The molecule has 1 N–H and O–H groups in total. The number of aryl methyl sites for hydroxylation is 2. The molecule has 0 aliphatic carbocycles. The fourth-order valence-electron chi connectivity index (χ4n) is 2.66. The molecule has 0 spiro atoms. The first-order valence-electron chi connectivity index (χ1n) is 8.46. The SMILES string of the molecule is CCc1ccc(CNC(=O)CCCn2cnc3ccccc3c2=O)s1. The number of nitrogens with zero attached hydrogens (tertiary/aromatic N) is 2. The Bertz CT molecular complexity index is 930. The minimum atomic E-state index is -0.0586. The molecule has 1 aromatic carbocycles. The zero-order valence-corrected chi connectivity index (χ0v) is 15.0. The first-order chi connectivity index (χ1) is 12.2. The van der Waals surface area contributed by atoms with E-state index in [-0.39, 0.29) is 11.5 Å². The summed E-state index contributed by atoms with van der Waals surface area (Å²) in [5.41, 5.74) is 0.639. The second kappa shape index (κ2) is 8.07. The Labute approximate surface area is 150 Å². The molecule has 0 aliphatic rings. The third-order valence-corrected chi connectivity index (χ3v) is 5.29. The Morgan fingerprint density at radius 3 is 2.80 bits per heavy atom. The molecule has 0 atom stereocenters. The lowest BCUT2D eigenvalue weighted by Crippen LogP contribution is -2.24. The van der Waals surface area contributed by atoms with Crippen LogP contribution in [0.5, 0.6) is 0 Å². The van der Waals surface area contributed by atoms with Crippen molar-refractivity contribution in [3.63, 3.8) is 0 Å². The zero-order chi connectivity index (χ0) is 17.6. The molecular formula is C19H21N3O2S. The Balaban J connectivity index is 1.50. The van der Waals surface area contributed by atoms with Crippen molar-refractivity contribution in [2.24, 2.45) is 0 Å². The summed E-state index contributed by atoms with van der Waals surface area (Å²) >= 11 is 1.73. The van der Waals surface area contributed by atoms with Crippen LogP contribution >= 0.6 is 11.3 Å². The Kier molecular flexibility index (Phi) is 5.60. The number of carbonyl (C=O) groups is 1. The van der Waals surface area contributed by atoms with Gasteiger partial charge in [0, 0.05) is 22.7 Å². The van der Waals surface area contributed by atoms with Crippen molar-refractivity contribution in [1.29, 1.82) is 0 Å². The van der Waals surface area contributed by atoms with Gasteiger partial charge in [-0.15, -0.1) is 11.3 Å². The summed E-state index contributed by atoms with van der Waals surface area (Å²) in [6.45, 7) is 3.18. The highest BCUT2D eigenvalue weighted by Crippen LogP contribution is 2.16. The van der Waals surface area contributed by atoms with E-state index < -0.39 is 0 Å². The summed E-state index contributed by atoms with van der Waals surface area (Å²) in [6, 6.07) is 11.5. The number of hydrogen-bond donors (Lipinski definition) is 1. The summed E-state index contributed by atoms with van der Waals surface area (Å²) < 4.78 is 1.57. The average Bonchev–Trinajstić information content (AvgIpc) is 3.10. The number of fused-ring (bicyclic) bond motifs is 1. The van der Waals surface area contributed by atoms with E-state index in [0.717, 1.165) is 6.42 Å². The molecule has 1 amide bonds. The van der Waals surface area contributed by atoms with Crippen LogP contribution in [0.15, 0.2) is 47.5 Å². The van der Waals surface area contributed by atoms with Crippen LogP contribution in [0.25, 0.3) is 10.9 Å². The fraction of sp³-hybridized carbons (Fsp3) is 0.316. The van der Waals surface area contributed by atoms with Crippen LogP contribution in [0.3, 0.4) is 0 Å². The lowest BCUT2D eigenvalue weighted by molar-refractivity contribution is -0.121. The topological polar surface area (TPSA) is 64.0 Å². The second-order valence-corrected chi connectivity index (χ2v) is 7.12. The van der Waals surface area contributed by atoms with E-state index in [4.69, 9.17) is 0 Å². The molecule has 5 nitrogen and oxygen atoms in total.